The molecule has 2 heterocycles. The van der Waals surface area contributed by atoms with Gasteiger partial charge in [-0.3, -0.25) is 9.89 Å². The average molecular weight is 397 g/mol. The fraction of sp³-hybridized carbons (Fsp3) is 0.200. The molecule has 0 saturated carbocycles. The van der Waals surface area contributed by atoms with E-state index in [1.54, 1.807) is 18.2 Å². The third-order valence-electron chi connectivity index (χ3n) is 4.84. The molecule has 0 bridgehead atoms. The van der Waals surface area contributed by atoms with E-state index < -0.39 is 15.1 Å². The van der Waals surface area contributed by atoms with Crippen LogP contribution in [-0.2, 0) is 9.84 Å². The molecule has 8 heteroatoms. The number of rotatable bonds is 5. The molecule has 28 heavy (non-hydrogen) atoms. The lowest BCUT2D eigenvalue weighted by Gasteiger charge is -2.38. The number of carbonyl (C=O) groups excluding carboxylic acids is 1. The van der Waals surface area contributed by atoms with Crippen molar-refractivity contribution in [3.05, 3.63) is 66.4 Å². The number of ether oxygens (including phenoxy) is 1. The Hall–Kier alpha value is -3.13. The highest BCUT2D eigenvalue weighted by Crippen LogP contribution is 2.27. The maximum Gasteiger partial charge on any atom is 0.271 e. The van der Waals surface area contributed by atoms with E-state index in [0.717, 1.165) is 5.56 Å². The van der Waals surface area contributed by atoms with E-state index in [1.165, 1.54) is 24.1 Å². The minimum atomic E-state index is -3.49. The molecule has 0 unspecified atom stereocenters. The Kier molecular flexibility index (Phi) is 4.64. The Morgan fingerprint density at radius 2 is 1.79 bits per heavy atom. The van der Waals surface area contributed by atoms with Crippen LogP contribution in [0, 0.1) is 0 Å². The molecule has 7 nitrogen and oxygen atoms in total. The molecule has 1 fully saturated rings. The summed E-state index contributed by atoms with van der Waals surface area (Å²) in [7, 11) is -1.96. The van der Waals surface area contributed by atoms with Crippen LogP contribution in [0.15, 0.2) is 65.6 Å². The monoisotopic (exact) mass is 397 g/mol. The zero-order chi connectivity index (χ0) is 19.7. The van der Waals surface area contributed by atoms with Gasteiger partial charge in [-0.25, -0.2) is 8.42 Å². The van der Waals surface area contributed by atoms with Gasteiger partial charge in [-0.1, -0.05) is 30.3 Å². The zero-order valence-electron chi connectivity index (χ0n) is 15.2. The quantitative estimate of drug-likeness (QED) is 0.714. The van der Waals surface area contributed by atoms with Gasteiger partial charge < -0.3 is 9.64 Å². The highest BCUT2D eigenvalue weighted by molar-refractivity contribution is 7.92. The first-order valence-electron chi connectivity index (χ1n) is 8.77. The lowest BCUT2D eigenvalue weighted by atomic mass is 10.1. The van der Waals surface area contributed by atoms with Gasteiger partial charge in [-0.05, 0) is 30.3 Å². The van der Waals surface area contributed by atoms with Gasteiger partial charge in [0, 0.05) is 18.7 Å². The van der Waals surface area contributed by atoms with Crippen LogP contribution >= 0.6 is 0 Å². The molecule has 0 atom stereocenters. The summed E-state index contributed by atoms with van der Waals surface area (Å²) in [6.45, 7) is 0.319. The number of nitrogens with one attached hydrogen (secondary N) is 1. The SMILES string of the molecule is COc1ccc(S(=O)(=O)C2CN(C(=O)c3cc(-c4ccccc4)n[nH]3)C2)cc1. The number of aromatic amines is 1. The Bertz CT molecular complexity index is 1090. The van der Waals surface area contributed by atoms with Gasteiger partial charge in [-0.2, -0.15) is 5.10 Å². The van der Waals surface area contributed by atoms with E-state index in [2.05, 4.69) is 10.2 Å². The number of aromatic nitrogens is 2. The summed E-state index contributed by atoms with van der Waals surface area (Å²) in [5, 5.41) is 6.31. The molecule has 0 aliphatic carbocycles. The van der Waals surface area contributed by atoms with Gasteiger partial charge >= 0.3 is 0 Å². The number of likely N-dealkylation sites (tertiary alicyclic amines) is 1. The predicted molar refractivity (Wildman–Crippen MR) is 104 cm³/mol. The van der Waals surface area contributed by atoms with E-state index in [9.17, 15) is 13.2 Å². The van der Waals surface area contributed by atoms with E-state index in [4.69, 9.17) is 4.74 Å². The van der Waals surface area contributed by atoms with Gasteiger partial charge in [0.25, 0.3) is 5.91 Å². The van der Waals surface area contributed by atoms with E-state index in [1.807, 2.05) is 30.3 Å². The van der Waals surface area contributed by atoms with Crippen LogP contribution < -0.4 is 4.74 Å². The molecule has 0 radical (unpaired) electrons. The van der Waals surface area contributed by atoms with Crippen LogP contribution in [0.4, 0.5) is 0 Å². The lowest BCUT2D eigenvalue weighted by molar-refractivity contribution is 0.0652. The maximum atomic E-state index is 12.7. The second kappa shape index (κ2) is 7.12. The lowest BCUT2D eigenvalue weighted by Crippen LogP contribution is -2.56. The molecule has 2 aromatic carbocycles. The van der Waals surface area contributed by atoms with Crippen LogP contribution in [0.1, 0.15) is 10.5 Å². The number of sulfone groups is 1. The Labute approximate surface area is 162 Å². The fourth-order valence-electron chi connectivity index (χ4n) is 3.12. The number of carbonyl (C=O) groups is 1. The Morgan fingerprint density at radius 1 is 1.11 bits per heavy atom. The smallest absolute Gasteiger partial charge is 0.271 e. The molecular formula is C20H19N3O4S. The van der Waals surface area contributed by atoms with E-state index in [0.29, 0.717) is 17.1 Å². The second-order valence-corrected chi connectivity index (χ2v) is 8.81. The van der Waals surface area contributed by atoms with E-state index >= 15 is 0 Å². The number of hydrogen-bond donors (Lipinski definition) is 1. The number of amides is 1. The molecule has 0 spiro atoms. The molecule has 1 aliphatic rings. The van der Waals surface area contributed by atoms with Crippen LogP contribution in [0.25, 0.3) is 11.3 Å². The third-order valence-corrected chi connectivity index (χ3v) is 6.94. The third kappa shape index (κ3) is 3.27. The molecule has 144 valence electrons. The van der Waals surface area contributed by atoms with Crippen molar-refractivity contribution in [2.45, 2.75) is 10.1 Å². The standard InChI is InChI=1S/C20H19N3O4S/c1-27-15-7-9-16(10-8-15)28(25,26)17-12-23(13-17)20(24)19-11-18(21-22-19)14-5-3-2-4-6-14/h2-11,17H,12-13H2,1H3,(H,21,22). The highest BCUT2D eigenvalue weighted by Gasteiger charge is 2.41. The van der Waals surface area contributed by atoms with Crippen LogP contribution in [0.5, 0.6) is 5.75 Å². The van der Waals surface area contributed by atoms with Crippen molar-refractivity contribution in [1.82, 2.24) is 15.1 Å². The van der Waals surface area contributed by atoms with Gasteiger partial charge in [-0.15, -0.1) is 0 Å². The van der Waals surface area contributed by atoms with Crippen molar-refractivity contribution in [3.8, 4) is 17.0 Å². The van der Waals surface area contributed by atoms with Crippen LogP contribution in [-0.4, -0.2) is 54.9 Å². The highest BCUT2D eigenvalue weighted by atomic mass is 32.2. The Morgan fingerprint density at radius 3 is 2.43 bits per heavy atom. The number of nitrogens with zero attached hydrogens (tertiary/aromatic N) is 2. The van der Waals surface area contributed by atoms with Crippen molar-refractivity contribution >= 4 is 15.7 Å². The summed E-state index contributed by atoms with van der Waals surface area (Å²) in [6, 6.07) is 17.5. The van der Waals surface area contributed by atoms with Crippen molar-refractivity contribution < 1.29 is 17.9 Å². The summed E-state index contributed by atoms with van der Waals surface area (Å²) < 4.78 is 30.5. The molecular weight excluding hydrogens is 378 g/mol. The summed E-state index contributed by atoms with van der Waals surface area (Å²) in [5.41, 5.74) is 1.92. The van der Waals surface area contributed by atoms with E-state index in [-0.39, 0.29) is 23.9 Å². The van der Waals surface area contributed by atoms with Crippen molar-refractivity contribution in [2.24, 2.45) is 0 Å². The molecule has 1 saturated heterocycles. The summed E-state index contributed by atoms with van der Waals surface area (Å²) in [4.78, 5) is 14.3. The fourth-order valence-corrected chi connectivity index (χ4v) is 4.77. The predicted octanol–water partition coefficient (Wildman–Crippen LogP) is 2.38. The maximum absolute atomic E-state index is 12.7. The minimum Gasteiger partial charge on any atom is -0.497 e. The number of benzene rings is 2. The number of methoxy groups -OCH3 is 1. The second-order valence-electron chi connectivity index (χ2n) is 6.59. The number of hydrogen-bond acceptors (Lipinski definition) is 5. The minimum absolute atomic E-state index is 0.160. The van der Waals surface area contributed by atoms with Gasteiger partial charge in [0.2, 0.25) is 0 Å². The van der Waals surface area contributed by atoms with Crippen molar-refractivity contribution in [2.75, 3.05) is 20.2 Å². The first-order valence-corrected chi connectivity index (χ1v) is 10.3. The van der Waals surface area contributed by atoms with Crippen molar-refractivity contribution in [1.29, 1.82) is 0 Å². The molecule has 1 N–H and O–H groups in total. The first-order chi connectivity index (χ1) is 13.5. The normalized spacial score (nSPS) is 14.5. The summed E-state index contributed by atoms with van der Waals surface area (Å²) >= 11 is 0. The molecule has 3 aromatic rings. The average Bonchev–Trinajstić information content (AvgIpc) is 3.17. The van der Waals surface area contributed by atoms with Crippen LogP contribution in [0.2, 0.25) is 0 Å². The number of H-pyrrole nitrogens is 1. The van der Waals surface area contributed by atoms with Crippen LogP contribution in [0.3, 0.4) is 0 Å². The summed E-state index contributed by atoms with van der Waals surface area (Å²) in [5.74, 6) is 0.341. The molecule has 1 amide bonds. The largest absolute Gasteiger partial charge is 0.497 e. The zero-order valence-corrected chi connectivity index (χ0v) is 16.0. The first kappa shape index (κ1) is 18.2. The molecule has 4 rings (SSSR count). The molecule has 1 aliphatic heterocycles. The van der Waals surface area contributed by atoms with Gasteiger partial charge in [0.1, 0.15) is 16.7 Å². The van der Waals surface area contributed by atoms with Crippen molar-refractivity contribution in [3.63, 3.8) is 0 Å². The summed E-state index contributed by atoms with van der Waals surface area (Å²) in [6.07, 6.45) is 0. The van der Waals surface area contributed by atoms with Gasteiger partial charge in [0.15, 0.2) is 9.84 Å². The molecule has 1 aromatic heterocycles. The Balaban J connectivity index is 1.43. The topological polar surface area (TPSA) is 92.4 Å². The van der Waals surface area contributed by atoms with Gasteiger partial charge in [0.05, 0.1) is 17.7 Å².